The minimum absolute atomic E-state index is 0.121. The van der Waals surface area contributed by atoms with Crippen LogP contribution in [0.1, 0.15) is 25.0 Å². The zero-order chi connectivity index (χ0) is 15.4. The normalized spacial score (nSPS) is 32.3. The van der Waals surface area contributed by atoms with Gasteiger partial charge < -0.3 is 14.6 Å². The molecule has 1 unspecified atom stereocenters. The number of fused-ring (bicyclic) bond motifs is 3. The lowest BCUT2D eigenvalue weighted by Gasteiger charge is -2.49. The Morgan fingerprint density at radius 3 is 2.96 bits per heavy atom. The third-order valence-electron chi connectivity index (χ3n) is 5.41. The zero-order valence-electron chi connectivity index (χ0n) is 13.2. The van der Waals surface area contributed by atoms with Crippen molar-refractivity contribution in [1.29, 1.82) is 0 Å². The second-order valence-corrected chi connectivity index (χ2v) is 6.99. The highest BCUT2D eigenvalue weighted by atomic mass is 16.7. The van der Waals surface area contributed by atoms with Crippen LogP contribution in [-0.4, -0.2) is 41.0 Å². The molecule has 4 aliphatic heterocycles. The third kappa shape index (κ3) is 2.12. The molecule has 4 aliphatic rings. The first-order valence-corrected chi connectivity index (χ1v) is 8.32. The molecule has 2 aromatic rings. The number of rotatable bonds is 1. The Morgan fingerprint density at radius 2 is 2.17 bits per heavy atom. The first-order chi connectivity index (χ1) is 11.2. The molecule has 6 rings (SSSR count). The van der Waals surface area contributed by atoms with E-state index in [-0.39, 0.29) is 5.60 Å². The van der Waals surface area contributed by atoms with Crippen molar-refractivity contribution < 1.29 is 9.25 Å². The molecule has 0 saturated carbocycles. The van der Waals surface area contributed by atoms with E-state index in [0.717, 1.165) is 35.8 Å². The molecular weight excluding hydrogens is 292 g/mol. The van der Waals surface area contributed by atoms with Crippen molar-refractivity contribution in [1.82, 2.24) is 9.88 Å². The van der Waals surface area contributed by atoms with Gasteiger partial charge in [0.05, 0.1) is 6.42 Å². The molecule has 1 N–H and O–H groups in total. The monoisotopic (exact) mass is 312 g/mol. The molecule has 0 amide bonds. The van der Waals surface area contributed by atoms with Crippen LogP contribution in [0.15, 0.2) is 27.8 Å². The zero-order valence-corrected chi connectivity index (χ0v) is 13.2. The van der Waals surface area contributed by atoms with Crippen LogP contribution in [0.2, 0.25) is 0 Å². The highest BCUT2D eigenvalue weighted by Gasteiger charge is 2.52. The maximum absolute atomic E-state index is 5.92. The molecule has 6 heteroatoms. The molecule has 1 atom stereocenters. The predicted molar refractivity (Wildman–Crippen MR) is 87.4 cm³/mol. The Labute approximate surface area is 134 Å². The van der Waals surface area contributed by atoms with Gasteiger partial charge in [0.15, 0.2) is 11.4 Å². The average Bonchev–Trinajstić information content (AvgIpc) is 3.11. The van der Waals surface area contributed by atoms with E-state index in [1.54, 1.807) is 0 Å². The quantitative estimate of drug-likeness (QED) is 0.877. The molecule has 0 radical (unpaired) electrons. The number of hydrogen-bond acceptors (Lipinski definition) is 6. The second kappa shape index (κ2) is 4.71. The fourth-order valence-corrected chi connectivity index (χ4v) is 4.25. The molecule has 0 aliphatic carbocycles. The van der Waals surface area contributed by atoms with Crippen LogP contribution in [0.4, 0.5) is 5.82 Å². The van der Waals surface area contributed by atoms with Crippen molar-refractivity contribution in [2.45, 2.75) is 31.8 Å². The number of piperidine rings is 3. The van der Waals surface area contributed by atoms with Crippen molar-refractivity contribution in [2.75, 3.05) is 25.0 Å². The third-order valence-corrected chi connectivity index (χ3v) is 5.41. The maximum atomic E-state index is 5.92. The molecule has 6 nitrogen and oxygen atoms in total. The number of amidine groups is 1. The van der Waals surface area contributed by atoms with Crippen LogP contribution in [0.3, 0.4) is 0 Å². The Kier molecular flexibility index (Phi) is 2.74. The summed E-state index contributed by atoms with van der Waals surface area (Å²) in [6.45, 7) is 5.33. The first-order valence-electron chi connectivity index (χ1n) is 8.32. The van der Waals surface area contributed by atoms with Crippen molar-refractivity contribution in [3.63, 3.8) is 0 Å². The number of hydrogen-bond donors (Lipinski definition) is 1. The van der Waals surface area contributed by atoms with E-state index in [9.17, 15) is 0 Å². The van der Waals surface area contributed by atoms with Gasteiger partial charge in [-0.3, -0.25) is 4.90 Å². The summed E-state index contributed by atoms with van der Waals surface area (Å²) in [5.41, 5.74) is 0.536. The summed E-state index contributed by atoms with van der Waals surface area (Å²) in [5, 5.41) is 8.65. The van der Waals surface area contributed by atoms with Crippen LogP contribution in [-0.2, 0) is 4.84 Å². The first kappa shape index (κ1) is 13.4. The van der Waals surface area contributed by atoms with Gasteiger partial charge in [-0.05, 0) is 51.1 Å². The largest absolute Gasteiger partial charge is 0.443 e. The van der Waals surface area contributed by atoms with Gasteiger partial charge in [0.1, 0.15) is 11.6 Å². The van der Waals surface area contributed by atoms with Crippen molar-refractivity contribution in [3.8, 4) is 0 Å². The van der Waals surface area contributed by atoms with Crippen molar-refractivity contribution in [3.05, 3.63) is 24.0 Å². The van der Waals surface area contributed by atoms with Crippen LogP contribution in [0.5, 0.6) is 0 Å². The number of nitrogens with zero attached hydrogens (tertiary/aromatic N) is 3. The SMILES string of the molecule is Cc1cc2ccc(NC3=NOC4(C3)CN3CCC4CC3)nc2o1. The molecule has 0 aromatic carbocycles. The Morgan fingerprint density at radius 1 is 1.30 bits per heavy atom. The highest BCUT2D eigenvalue weighted by molar-refractivity contribution is 5.96. The van der Waals surface area contributed by atoms with Crippen LogP contribution < -0.4 is 5.32 Å². The minimum Gasteiger partial charge on any atom is -0.443 e. The van der Waals surface area contributed by atoms with Gasteiger partial charge in [0, 0.05) is 17.8 Å². The molecule has 2 aromatic heterocycles. The van der Waals surface area contributed by atoms with E-state index in [2.05, 4.69) is 20.4 Å². The molecule has 1 spiro atoms. The van der Waals surface area contributed by atoms with E-state index in [0.29, 0.717) is 11.6 Å². The lowest BCUT2D eigenvalue weighted by molar-refractivity contribution is -0.136. The Hall–Kier alpha value is -2.08. The number of aryl methyl sites for hydroxylation is 1. The number of anilines is 1. The van der Waals surface area contributed by atoms with Gasteiger partial charge in [-0.1, -0.05) is 5.16 Å². The number of pyridine rings is 1. The number of furan rings is 1. The lowest BCUT2D eigenvalue weighted by Crippen LogP contribution is -2.59. The number of aromatic nitrogens is 1. The second-order valence-electron chi connectivity index (χ2n) is 6.99. The van der Waals surface area contributed by atoms with Gasteiger partial charge in [-0.15, -0.1) is 0 Å². The predicted octanol–water partition coefficient (Wildman–Crippen LogP) is 2.75. The van der Waals surface area contributed by atoms with Gasteiger partial charge in [-0.25, -0.2) is 0 Å². The average molecular weight is 312 g/mol. The number of nitrogens with one attached hydrogen (secondary N) is 1. The van der Waals surface area contributed by atoms with Crippen LogP contribution in [0, 0.1) is 12.8 Å². The molecule has 3 fully saturated rings. The fourth-order valence-electron chi connectivity index (χ4n) is 4.25. The smallest absolute Gasteiger partial charge is 0.228 e. The highest BCUT2D eigenvalue weighted by Crippen LogP contribution is 2.43. The van der Waals surface area contributed by atoms with Crippen LogP contribution >= 0.6 is 0 Å². The topological polar surface area (TPSA) is 62.9 Å². The van der Waals surface area contributed by atoms with Gasteiger partial charge in [0.25, 0.3) is 0 Å². The summed E-state index contributed by atoms with van der Waals surface area (Å²) in [4.78, 5) is 12.9. The van der Waals surface area contributed by atoms with Gasteiger partial charge in [0.2, 0.25) is 5.71 Å². The molecule has 6 heterocycles. The van der Waals surface area contributed by atoms with E-state index < -0.39 is 0 Å². The Bertz CT molecular complexity index is 791. The van der Waals surface area contributed by atoms with Crippen LogP contribution in [0.25, 0.3) is 11.1 Å². The Balaban J connectivity index is 1.35. The van der Waals surface area contributed by atoms with Gasteiger partial charge >= 0.3 is 0 Å². The summed E-state index contributed by atoms with van der Waals surface area (Å²) in [7, 11) is 0. The standard InChI is InChI=1S/C17H20N4O2/c1-11-8-12-2-3-14(19-16(12)22-11)18-15-9-17(23-20-15)10-21-6-4-13(17)5-7-21/h2-3,8,13H,4-7,9-10H2,1H3,(H,18,19,20). The molecule has 23 heavy (non-hydrogen) atoms. The number of oxime groups is 1. The minimum atomic E-state index is -0.121. The summed E-state index contributed by atoms with van der Waals surface area (Å²) in [6.07, 6.45) is 3.28. The molecule has 120 valence electrons. The van der Waals surface area contributed by atoms with E-state index in [1.807, 2.05) is 25.1 Å². The summed E-state index contributed by atoms with van der Waals surface area (Å²) in [6, 6.07) is 5.97. The van der Waals surface area contributed by atoms with Crippen molar-refractivity contribution in [2.24, 2.45) is 11.1 Å². The summed E-state index contributed by atoms with van der Waals surface area (Å²) < 4.78 is 5.59. The van der Waals surface area contributed by atoms with Crippen molar-refractivity contribution >= 4 is 22.8 Å². The molecular formula is C17H20N4O2. The fraction of sp³-hybridized carbons (Fsp3) is 0.529. The summed E-state index contributed by atoms with van der Waals surface area (Å²) >= 11 is 0. The van der Waals surface area contributed by atoms with E-state index in [4.69, 9.17) is 9.25 Å². The van der Waals surface area contributed by atoms with Gasteiger partial charge in [-0.2, -0.15) is 4.98 Å². The maximum Gasteiger partial charge on any atom is 0.228 e. The van der Waals surface area contributed by atoms with E-state index in [1.165, 1.54) is 25.9 Å². The lowest BCUT2D eigenvalue weighted by atomic mass is 9.73. The molecule has 3 saturated heterocycles. The summed E-state index contributed by atoms with van der Waals surface area (Å²) in [5.74, 6) is 3.12. The van der Waals surface area contributed by atoms with E-state index >= 15 is 0 Å². The molecule has 2 bridgehead atoms.